The Morgan fingerprint density at radius 3 is 2.71 bits per heavy atom. The molecule has 0 bridgehead atoms. The van der Waals surface area contributed by atoms with E-state index in [1.165, 1.54) is 6.07 Å². The molecule has 4 heteroatoms. The number of halogens is 1. The molecule has 1 unspecified atom stereocenters. The first-order chi connectivity index (χ1) is 7.95. The maximum Gasteiger partial charge on any atom is 0.329 e. The summed E-state index contributed by atoms with van der Waals surface area (Å²) < 4.78 is 13.4. The van der Waals surface area contributed by atoms with Crippen molar-refractivity contribution in [3.05, 3.63) is 29.6 Å². The Labute approximate surface area is 99.7 Å². The van der Waals surface area contributed by atoms with Crippen LogP contribution in [-0.2, 0) is 4.79 Å². The van der Waals surface area contributed by atoms with Crippen molar-refractivity contribution in [3.8, 4) is 0 Å². The number of hydrogen-bond acceptors (Lipinski definition) is 2. The number of carboxylic acid groups (broad SMARTS) is 1. The highest BCUT2D eigenvalue weighted by atomic mass is 19.1. The van der Waals surface area contributed by atoms with Crippen LogP contribution in [0.2, 0.25) is 0 Å². The second-order valence-corrected chi connectivity index (χ2v) is 4.82. The molecule has 1 aliphatic rings. The monoisotopic (exact) mass is 237 g/mol. The highest BCUT2D eigenvalue weighted by Gasteiger charge is 2.47. The normalized spacial score (nSPS) is 18.5. The smallest absolute Gasteiger partial charge is 0.329 e. The first-order valence-corrected chi connectivity index (χ1v) is 5.72. The Hall–Kier alpha value is -1.58. The lowest BCUT2D eigenvalue weighted by atomic mass is 9.95. The fourth-order valence-corrected chi connectivity index (χ4v) is 2.01. The Morgan fingerprint density at radius 2 is 2.18 bits per heavy atom. The molecule has 92 valence electrons. The first-order valence-electron chi connectivity index (χ1n) is 5.72. The van der Waals surface area contributed by atoms with Gasteiger partial charge in [0.15, 0.2) is 0 Å². The molecule has 0 heterocycles. The summed E-state index contributed by atoms with van der Waals surface area (Å²) in [6.45, 7) is 3.31. The molecule has 3 nitrogen and oxygen atoms in total. The summed E-state index contributed by atoms with van der Waals surface area (Å²) in [5.41, 5.74) is 0.0147. The third-order valence-electron chi connectivity index (χ3n) is 3.50. The topological polar surface area (TPSA) is 49.3 Å². The number of anilines is 1. The largest absolute Gasteiger partial charge is 0.480 e. The molecule has 17 heavy (non-hydrogen) atoms. The SMILES string of the molecule is Cc1c(F)cccc1NC(C)(C(=O)O)C1CC1. The zero-order chi connectivity index (χ0) is 12.6. The predicted molar refractivity (Wildman–Crippen MR) is 63.5 cm³/mol. The average Bonchev–Trinajstić information content (AvgIpc) is 3.08. The number of aliphatic carboxylic acids is 1. The standard InChI is InChI=1S/C13H16FNO2/c1-8-10(14)4-3-5-11(8)15-13(2,12(16)17)9-6-7-9/h3-5,9,15H,6-7H2,1-2H3,(H,16,17). The van der Waals surface area contributed by atoms with Crippen LogP contribution >= 0.6 is 0 Å². The lowest BCUT2D eigenvalue weighted by Gasteiger charge is -2.28. The van der Waals surface area contributed by atoms with E-state index >= 15 is 0 Å². The second kappa shape index (κ2) is 4.02. The van der Waals surface area contributed by atoms with Crippen LogP contribution in [0.3, 0.4) is 0 Å². The maximum atomic E-state index is 13.4. The van der Waals surface area contributed by atoms with E-state index in [9.17, 15) is 14.3 Å². The summed E-state index contributed by atoms with van der Waals surface area (Å²) in [6.07, 6.45) is 1.81. The van der Waals surface area contributed by atoms with Crippen molar-refractivity contribution in [3.63, 3.8) is 0 Å². The van der Waals surface area contributed by atoms with E-state index < -0.39 is 11.5 Å². The summed E-state index contributed by atoms with van der Waals surface area (Å²) in [7, 11) is 0. The fourth-order valence-electron chi connectivity index (χ4n) is 2.01. The maximum absolute atomic E-state index is 13.4. The molecule has 0 radical (unpaired) electrons. The van der Waals surface area contributed by atoms with Gasteiger partial charge in [-0.3, -0.25) is 0 Å². The molecule has 0 spiro atoms. The van der Waals surface area contributed by atoms with Gasteiger partial charge in [-0.05, 0) is 44.7 Å². The second-order valence-electron chi connectivity index (χ2n) is 4.82. The van der Waals surface area contributed by atoms with Gasteiger partial charge in [0.2, 0.25) is 0 Å². The molecule has 0 amide bonds. The molecule has 0 aliphatic heterocycles. The summed E-state index contributed by atoms with van der Waals surface area (Å²) in [5.74, 6) is -1.08. The Balaban J connectivity index is 2.29. The zero-order valence-corrected chi connectivity index (χ0v) is 9.96. The third-order valence-corrected chi connectivity index (χ3v) is 3.50. The van der Waals surface area contributed by atoms with Crippen LogP contribution in [0.15, 0.2) is 18.2 Å². The molecule has 2 rings (SSSR count). The number of benzene rings is 1. The summed E-state index contributed by atoms with van der Waals surface area (Å²) in [5, 5.41) is 12.3. The predicted octanol–water partition coefficient (Wildman–Crippen LogP) is 2.80. The third kappa shape index (κ3) is 2.12. The molecule has 1 aromatic rings. The van der Waals surface area contributed by atoms with Crippen molar-refractivity contribution in [2.24, 2.45) is 5.92 Å². The minimum absolute atomic E-state index is 0.127. The molecule has 1 atom stereocenters. The van der Waals surface area contributed by atoms with E-state index in [1.807, 2.05) is 0 Å². The van der Waals surface area contributed by atoms with Gasteiger partial charge in [-0.1, -0.05) is 6.07 Å². The molecule has 1 fully saturated rings. The van der Waals surface area contributed by atoms with E-state index in [0.29, 0.717) is 11.3 Å². The van der Waals surface area contributed by atoms with Gasteiger partial charge < -0.3 is 10.4 Å². The number of carboxylic acids is 1. The summed E-state index contributed by atoms with van der Waals surface area (Å²) in [6, 6.07) is 4.66. The minimum Gasteiger partial charge on any atom is -0.480 e. The lowest BCUT2D eigenvalue weighted by molar-refractivity contribution is -0.142. The van der Waals surface area contributed by atoms with Crippen LogP contribution < -0.4 is 5.32 Å². The van der Waals surface area contributed by atoms with Gasteiger partial charge in [0.25, 0.3) is 0 Å². The lowest BCUT2D eigenvalue weighted by Crippen LogP contribution is -2.45. The number of carbonyl (C=O) groups is 1. The quantitative estimate of drug-likeness (QED) is 0.846. The van der Waals surface area contributed by atoms with Crippen molar-refractivity contribution < 1.29 is 14.3 Å². The molecular weight excluding hydrogens is 221 g/mol. The van der Waals surface area contributed by atoms with E-state index in [0.717, 1.165) is 12.8 Å². The first kappa shape index (κ1) is 11.9. The van der Waals surface area contributed by atoms with Gasteiger partial charge in [0.1, 0.15) is 11.4 Å². The van der Waals surface area contributed by atoms with Gasteiger partial charge >= 0.3 is 5.97 Å². The zero-order valence-electron chi connectivity index (χ0n) is 9.96. The Morgan fingerprint density at radius 1 is 1.53 bits per heavy atom. The van der Waals surface area contributed by atoms with Crippen molar-refractivity contribution in [2.45, 2.75) is 32.2 Å². The van der Waals surface area contributed by atoms with Crippen LogP contribution in [0, 0.1) is 18.7 Å². The summed E-state index contributed by atoms with van der Waals surface area (Å²) >= 11 is 0. The highest BCUT2D eigenvalue weighted by molar-refractivity contribution is 5.83. The van der Waals surface area contributed by atoms with Crippen LogP contribution in [0.4, 0.5) is 10.1 Å². The van der Waals surface area contributed by atoms with Crippen molar-refractivity contribution >= 4 is 11.7 Å². The van der Waals surface area contributed by atoms with Gasteiger partial charge in [0.05, 0.1) is 0 Å². The van der Waals surface area contributed by atoms with Gasteiger partial charge in [0, 0.05) is 11.3 Å². The number of hydrogen-bond donors (Lipinski definition) is 2. The van der Waals surface area contributed by atoms with Crippen LogP contribution in [0.1, 0.15) is 25.3 Å². The van der Waals surface area contributed by atoms with Crippen molar-refractivity contribution in [2.75, 3.05) is 5.32 Å². The minimum atomic E-state index is -1.00. The molecule has 1 saturated carbocycles. The van der Waals surface area contributed by atoms with Gasteiger partial charge in [-0.25, -0.2) is 9.18 Å². The van der Waals surface area contributed by atoms with Crippen molar-refractivity contribution in [1.29, 1.82) is 0 Å². The van der Waals surface area contributed by atoms with Crippen LogP contribution in [0.5, 0.6) is 0 Å². The summed E-state index contributed by atoms with van der Waals surface area (Å²) in [4.78, 5) is 11.3. The van der Waals surface area contributed by atoms with Gasteiger partial charge in [-0.15, -0.1) is 0 Å². The molecule has 1 aromatic carbocycles. The fraction of sp³-hybridized carbons (Fsp3) is 0.462. The Kier molecular flexibility index (Phi) is 2.81. The average molecular weight is 237 g/mol. The van der Waals surface area contributed by atoms with Crippen molar-refractivity contribution in [1.82, 2.24) is 0 Å². The van der Waals surface area contributed by atoms with Crippen LogP contribution in [0.25, 0.3) is 0 Å². The van der Waals surface area contributed by atoms with Gasteiger partial charge in [-0.2, -0.15) is 0 Å². The Bertz CT molecular complexity index is 457. The van der Waals surface area contributed by atoms with E-state index in [4.69, 9.17) is 0 Å². The van der Waals surface area contributed by atoms with E-state index in [2.05, 4.69) is 5.32 Å². The molecule has 2 N–H and O–H groups in total. The molecule has 1 aliphatic carbocycles. The highest BCUT2D eigenvalue weighted by Crippen LogP contribution is 2.42. The van der Waals surface area contributed by atoms with E-state index in [1.54, 1.807) is 26.0 Å². The number of rotatable bonds is 4. The molecule has 0 aromatic heterocycles. The van der Waals surface area contributed by atoms with Crippen LogP contribution in [-0.4, -0.2) is 16.6 Å². The molecule has 0 saturated heterocycles. The van der Waals surface area contributed by atoms with E-state index in [-0.39, 0.29) is 11.7 Å². The number of nitrogens with one attached hydrogen (secondary N) is 1. The molecular formula is C13H16FNO2.